The molecule has 2 N–H and O–H groups in total. The predicted molar refractivity (Wildman–Crippen MR) is 74.1 cm³/mol. The van der Waals surface area contributed by atoms with Crippen molar-refractivity contribution in [2.75, 3.05) is 13.1 Å². The lowest BCUT2D eigenvalue weighted by Crippen LogP contribution is -2.48. The molecule has 0 fully saturated rings. The van der Waals surface area contributed by atoms with E-state index in [-0.39, 0.29) is 6.54 Å². The summed E-state index contributed by atoms with van der Waals surface area (Å²) in [6.07, 6.45) is 0.660. The van der Waals surface area contributed by atoms with E-state index in [1.165, 1.54) is 4.90 Å². The fraction of sp³-hybridized carbons (Fsp3) is 0.333. The van der Waals surface area contributed by atoms with E-state index in [0.717, 1.165) is 5.56 Å². The van der Waals surface area contributed by atoms with Crippen molar-refractivity contribution in [3.05, 3.63) is 35.4 Å². The summed E-state index contributed by atoms with van der Waals surface area (Å²) in [7, 11) is 0. The zero-order valence-electron chi connectivity index (χ0n) is 11.2. The van der Waals surface area contributed by atoms with Crippen molar-refractivity contribution in [2.24, 2.45) is 0 Å². The number of amides is 2. The Balaban J connectivity index is 2.24. The molecular weight excluding hydrogens is 256 g/mol. The number of carboxylic acid groups (broad SMARTS) is 1. The van der Waals surface area contributed by atoms with Crippen LogP contribution in [0.15, 0.2) is 24.3 Å². The molecule has 0 spiro atoms. The van der Waals surface area contributed by atoms with E-state index in [0.29, 0.717) is 18.5 Å². The van der Waals surface area contributed by atoms with Gasteiger partial charge in [-0.05, 0) is 24.5 Å². The van der Waals surface area contributed by atoms with E-state index >= 15 is 0 Å². The first-order chi connectivity index (χ1) is 9.65. The minimum absolute atomic E-state index is 0.222. The van der Waals surface area contributed by atoms with Gasteiger partial charge in [-0.1, -0.05) is 30.2 Å². The number of hydrogen-bond acceptors (Lipinski definition) is 2. The number of aliphatic carboxylic acids is 1. The van der Waals surface area contributed by atoms with Crippen molar-refractivity contribution in [1.29, 1.82) is 0 Å². The smallest absolute Gasteiger partial charge is 0.331 e. The van der Waals surface area contributed by atoms with E-state index in [4.69, 9.17) is 0 Å². The zero-order valence-corrected chi connectivity index (χ0v) is 11.2. The molecule has 104 valence electrons. The Morgan fingerprint density at radius 3 is 2.90 bits per heavy atom. The Hall–Kier alpha value is -2.48. The SMILES string of the molecule is CC#CCNC(=O)N1CCc2ccccc2C1C(=O)O. The Labute approximate surface area is 117 Å². The number of benzene rings is 1. The average Bonchev–Trinajstić information content (AvgIpc) is 2.45. The maximum Gasteiger partial charge on any atom is 0.331 e. The molecule has 0 aliphatic carbocycles. The molecule has 1 heterocycles. The highest BCUT2D eigenvalue weighted by Crippen LogP contribution is 2.29. The van der Waals surface area contributed by atoms with Gasteiger partial charge >= 0.3 is 12.0 Å². The summed E-state index contributed by atoms with van der Waals surface area (Å²) in [5, 5.41) is 12.0. The number of fused-ring (bicyclic) bond motifs is 1. The van der Waals surface area contributed by atoms with Gasteiger partial charge < -0.3 is 15.3 Å². The minimum Gasteiger partial charge on any atom is -0.479 e. The van der Waals surface area contributed by atoms with Gasteiger partial charge in [0.2, 0.25) is 0 Å². The van der Waals surface area contributed by atoms with Gasteiger partial charge in [0.25, 0.3) is 0 Å². The number of rotatable bonds is 2. The molecule has 1 aliphatic rings. The Morgan fingerprint density at radius 1 is 1.45 bits per heavy atom. The number of nitrogens with zero attached hydrogens (tertiary/aromatic N) is 1. The second-order valence-corrected chi connectivity index (χ2v) is 4.47. The van der Waals surface area contributed by atoms with Gasteiger partial charge in [0.15, 0.2) is 6.04 Å². The number of carbonyl (C=O) groups excluding carboxylic acids is 1. The van der Waals surface area contributed by atoms with Gasteiger partial charge in [-0.15, -0.1) is 5.92 Å². The van der Waals surface area contributed by atoms with Crippen molar-refractivity contribution in [3.8, 4) is 11.8 Å². The molecule has 1 atom stereocenters. The summed E-state index contributed by atoms with van der Waals surface area (Å²) in [5.41, 5.74) is 1.67. The summed E-state index contributed by atoms with van der Waals surface area (Å²) < 4.78 is 0. The molecule has 1 aromatic rings. The largest absolute Gasteiger partial charge is 0.479 e. The lowest BCUT2D eigenvalue weighted by molar-refractivity contribution is -0.142. The van der Waals surface area contributed by atoms with Crippen molar-refractivity contribution < 1.29 is 14.7 Å². The lowest BCUT2D eigenvalue weighted by atomic mass is 9.93. The molecule has 0 radical (unpaired) electrons. The molecule has 1 aromatic carbocycles. The van der Waals surface area contributed by atoms with E-state index in [1.807, 2.05) is 12.1 Å². The topological polar surface area (TPSA) is 69.6 Å². The molecule has 2 amide bonds. The molecular formula is C15H16N2O3. The Morgan fingerprint density at radius 2 is 2.20 bits per heavy atom. The number of carboxylic acids is 1. The predicted octanol–water partition coefficient (Wildman–Crippen LogP) is 1.40. The highest BCUT2D eigenvalue weighted by atomic mass is 16.4. The van der Waals surface area contributed by atoms with Crippen LogP contribution in [0.5, 0.6) is 0 Å². The quantitative estimate of drug-likeness (QED) is 0.800. The van der Waals surface area contributed by atoms with Crippen LogP contribution in [0.4, 0.5) is 4.79 Å². The van der Waals surface area contributed by atoms with Crippen LogP contribution in [0.25, 0.3) is 0 Å². The number of hydrogen-bond donors (Lipinski definition) is 2. The molecule has 0 saturated heterocycles. The normalized spacial score (nSPS) is 16.6. The standard InChI is InChI=1S/C15H16N2O3/c1-2-3-9-16-15(20)17-10-8-11-6-4-5-7-12(11)13(17)14(18)19/h4-7,13H,8-10H2,1H3,(H,16,20)(H,18,19). The third-order valence-electron chi connectivity index (χ3n) is 3.28. The monoisotopic (exact) mass is 272 g/mol. The van der Waals surface area contributed by atoms with E-state index in [1.54, 1.807) is 19.1 Å². The van der Waals surface area contributed by atoms with Gasteiger partial charge in [0, 0.05) is 6.54 Å². The van der Waals surface area contributed by atoms with Crippen molar-refractivity contribution in [1.82, 2.24) is 10.2 Å². The average molecular weight is 272 g/mol. The first-order valence-corrected chi connectivity index (χ1v) is 6.40. The third-order valence-corrected chi connectivity index (χ3v) is 3.28. The van der Waals surface area contributed by atoms with Gasteiger partial charge in [0.05, 0.1) is 6.54 Å². The number of urea groups is 1. The van der Waals surface area contributed by atoms with Crippen molar-refractivity contribution in [3.63, 3.8) is 0 Å². The van der Waals surface area contributed by atoms with Crippen LogP contribution >= 0.6 is 0 Å². The highest BCUT2D eigenvalue weighted by molar-refractivity contribution is 5.84. The van der Waals surface area contributed by atoms with Gasteiger partial charge in [-0.3, -0.25) is 0 Å². The summed E-state index contributed by atoms with van der Waals surface area (Å²) in [6, 6.07) is 6.01. The second-order valence-electron chi connectivity index (χ2n) is 4.47. The molecule has 1 unspecified atom stereocenters. The molecule has 20 heavy (non-hydrogen) atoms. The first kappa shape index (κ1) is 13.9. The minimum atomic E-state index is -1.02. The van der Waals surface area contributed by atoms with Gasteiger partial charge in [0.1, 0.15) is 0 Å². The van der Waals surface area contributed by atoms with Crippen LogP contribution in [0.1, 0.15) is 24.1 Å². The molecule has 1 aliphatic heterocycles. The summed E-state index contributed by atoms with van der Waals surface area (Å²) in [4.78, 5) is 24.9. The van der Waals surface area contributed by atoms with Crippen LogP contribution in [-0.2, 0) is 11.2 Å². The van der Waals surface area contributed by atoms with Crippen LogP contribution in [0.2, 0.25) is 0 Å². The Bertz CT molecular complexity index is 586. The fourth-order valence-corrected chi connectivity index (χ4v) is 2.36. The highest BCUT2D eigenvalue weighted by Gasteiger charge is 2.35. The molecule has 5 nitrogen and oxygen atoms in total. The van der Waals surface area contributed by atoms with Gasteiger partial charge in [-0.25, -0.2) is 9.59 Å². The Kier molecular flexibility index (Phi) is 4.26. The van der Waals surface area contributed by atoms with Crippen LogP contribution in [-0.4, -0.2) is 35.1 Å². The van der Waals surface area contributed by atoms with Crippen LogP contribution < -0.4 is 5.32 Å². The fourth-order valence-electron chi connectivity index (χ4n) is 2.36. The molecule has 2 rings (SSSR count). The summed E-state index contributed by atoms with van der Waals surface area (Å²) in [5.74, 6) is 4.38. The maximum atomic E-state index is 12.1. The molecule has 0 bridgehead atoms. The number of nitrogens with one attached hydrogen (secondary N) is 1. The third kappa shape index (κ3) is 2.75. The van der Waals surface area contributed by atoms with E-state index in [2.05, 4.69) is 17.2 Å². The van der Waals surface area contributed by atoms with E-state index in [9.17, 15) is 14.7 Å². The van der Waals surface area contributed by atoms with Crippen LogP contribution in [0.3, 0.4) is 0 Å². The van der Waals surface area contributed by atoms with E-state index < -0.39 is 18.0 Å². The number of carbonyl (C=O) groups is 2. The molecule has 0 aromatic heterocycles. The first-order valence-electron chi connectivity index (χ1n) is 6.40. The maximum absolute atomic E-state index is 12.1. The summed E-state index contributed by atoms with van der Waals surface area (Å²) >= 11 is 0. The van der Waals surface area contributed by atoms with Crippen molar-refractivity contribution >= 4 is 12.0 Å². The molecule has 5 heteroatoms. The summed E-state index contributed by atoms with van der Waals surface area (Å²) in [6.45, 7) is 2.29. The lowest BCUT2D eigenvalue weighted by Gasteiger charge is -2.34. The van der Waals surface area contributed by atoms with Crippen LogP contribution in [0, 0.1) is 11.8 Å². The molecule has 0 saturated carbocycles. The zero-order chi connectivity index (χ0) is 14.5. The van der Waals surface area contributed by atoms with Gasteiger partial charge in [-0.2, -0.15) is 0 Å². The van der Waals surface area contributed by atoms with Crippen molar-refractivity contribution in [2.45, 2.75) is 19.4 Å². The second kappa shape index (κ2) is 6.11.